The Morgan fingerprint density at radius 2 is 0.840 bits per heavy atom. The van der Waals surface area contributed by atoms with Gasteiger partial charge in [0, 0.05) is 49.6 Å². The second kappa shape index (κ2) is 11.7. The number of aromatic nitrogens is 2. The molecule has 50 heavy (non-hydrogen) atoms. The highest BCUT2D eigenvalue weighted by molar-refractivity contribution is 7.25. The van der Waals surface area contributed by atoms with Crippen molar-refractivity contribution in [2.45, 2.75) is 0 Å². The Morgan fingerprint density at radius 1 is 0.360 bits per heavy atom. The number of fused-ring (bicyclic) bond motifs is 6. The Bertz CT molecular complexity index is 2750. The van der Waals surface area contributed by atoms with Crippen LogP contribution in [0.15, 0.2) is 176 Å². The van der Waals surface area contributed by atoms with Gasteiger partial charge in [-0.1, -0.05) is 103 Å². The molecule has 0 atom stereocenters. The first kappa shape index (κ1) is 28.6. The van der Waals surface area contributed by atoms with E-state index in [1.807, 2.05) is 0 Å². The van der Waals surface area contributed by atoms with Crippen LogP contribution in [0.2, 0.25) is 0 Å². The highest BCUT2D eigenvalue weighted by Crippen LogP contribution is 2.42. The maximum absolute atomic E-state index is 4.56. The fourth-order valence-electron chi connectivity index (χ4n) is 7.15. The van der Waals surface area contributed by atoms with Crippen molar-refractivity contribution in [3.63, 3.8) is 0 Å². The molecule has 0 aliphatic heterocycles. The number of nitrogens with zero attached hydrogens (tertiary/aromatic N) is 3. The third-order valence-electron chi connectivity index (χ3n) is 9.72. The minimum absolute atomic E-state index is 0.920. The van der Waals surface area contributed by atoms with Crippen molar-refractivity contribution >= 4 is 81.1 Å². The summed E-state index contributed by atoms with van der Waals surface area (Å²) in [5, 5.41) is 7.46. The predicted molar refractivity (Wildman–Crippen MR) is 213 cm³/mol. The summed E-state index contributed by atoms with van der Waals surface area (Å²) < 4.78 is 2.45. The molecule has 2 aromatic heterocycles. The molecule has 10 aromatic rings. The summed E-state index contributed by atoms with van der Waals surface area (Å²) in [6, 6.07) is 59.5. The number of hydrogen-bond acceptors (Lipinski definition) is 4. The highest BCUT2D eigenvalue weighted by atomic mass is 32.1. The molecule has 4 heteroatoms. The van der Waals surface area contributed by atoms with E-state index < -0.39 is 0 Å². The van der Waals surface area contributed by atoms with Crippen LogP contribution >= 0.6 is 11.3 Å². The van der Waals surface area contributed by atoms with E-state index in [2.05, 4.69) is 179 Å². The van der Waals surface area contributed by atoms with Crippen LogP contribution in [-0.4, -0.2) is 9.97 Å². The van der Waals surface area contributed by atoms with Gasteiger partial charge in [-0.25, -0.2) is 0 Å². The number of thiophene rings is 1. The van der Waals surface area contributed by atoms with E-state index in [0.29, 0.717) is 0 Å². The maximum Gasteiger partial charge on any atom is 0.0901 e. The summed E-state index contributed by atoms with van der Waals surface area (Å²) in [5.41, 5.74) is 9.98. The van der Waals surface area contributed by atoms with Gasteiger partial charge >= 0.3 is 0 Å². The van der Waals surface area contributed by atoms with Gasteiger partial charge in [0.1, 0.15) is 0 Å². The van der Waals surface area contributed by atoms with Gasteiger partial charge in [-0.05, 0) is 104 Å². The zero-order valence-corrected chi connectivity index (χ0v) is 27.8. The van der Waals surface area contributed by atoms with E-state index >= 15 is 0 Å². The molecule has 0 aliphatic rings. The third-order valence-corrected chi connectivity index (χ3v) is 10.8. The summed E-state index contributed by atoms with van der Waals surface area (Å²) in [7, 11) is 0. The minimum atomic E-state index is 0.920. The maximum atomic E-state index is 4.56. The molecule has 0 N–H and O–H groups in total. The molecule has 0 unspecified atom stereocenters. The smallest absolute Gasteiger partial charge is 0.0901 e. The summed E-state index contributed by atoms with van der Waals surface area (Å²) >= 11 is 1.81. The Labute approximate surface area is 293 Å². The van der Waals surface area contributed by atoms with E-state index in [1.54, 1.807) is 23.7 Å². The summed E-state index contributed by atoms with van der Waals surface area (Å²) in [5.74, 6) is 0. The second-order valence-electron chi connectivity index (χ2n) is 12.7. The number of hydrogen-bond donors (Lipinski definition) is 0. The Hall–Kier alpha value is -6.36. The zero-order chi connectivity index (χ0) is 33.0. The normalized spacial score (nSPS) is 11.6. The Balaban J connectivity index is 1.08. The van der Waals surface area contributed by atoms with E-state index in [4.69, 9.17) is 0 Å². The fraction of sp³-hybridized carbons (Fsp3) is 0. The van der Waals surface area contributed by atoms with E-state index in [0.717, 1.165) is 28.1 Å². The fourth-order valence-corrected chi connectivity index (χ4v) is 8.31. The van der Waals surface area contributed by atoms with Crippen LogP contribution in [0.1, 0.15) is 0 Å². The van der Waals surface area contributed by atoms with Crippen molar-refractivity contribution in [1.29, 1.82) is 0 Å². The van der Waals surface area contributed by atoms with Gasteiger partial charge in [-0.3, -0.25) is 9.97 Å². The van der Waals surface area contributed by atoms with Crippen LogP contribution in [0.25, 0.3) is 75.0 Å². The van der Waals surface area contributed by atoms with E-state index in [1.165, 1.54) is 64.0 Å². The van der Waals surface area contributed by atoms with E-state index in [-0.39, 0.29) is 0 Å². The Kier molecular flexibility index (Phi) is 6.68. The SMILES string of the molecule is c1ccc2cc(-c3ccc(N(c4ccc(-c5ccc6ccccc6c5)cc4)c4ccc5c(c4)sc4cc6nccnc6cc45)cc3)ccc2c1. The highest BCUT2D eigenvalue weighted by Gasteiger charge is 2.16. The van der Waals surface area contributed by atoms with Gasteiger partial charge in [0.2, 0.25) is 0 Å². The lowest BCUT2D eigenvalue weighted by Gasteiger charge is -2.26. The van der Waals surface area contributed by atoms with Gasteiger partial charge in [0.15, 0.2) is 0 Å². The second-order valence-corrected chi connectivity index (χ2v) is 13.8. The average molecular weight is 656 g/mol. The molecule has 0 saturated heterocycles. The average Bonchev–Trinajstić information content (AvgIpc) is 3.53. The largest absolute Gasteiger partial charge is 0.310 e. The standard InChI is InChI=1S/C46H29N3S/c1-3-7-34-25-36(11-9-30(34)5-1)32-13-17-38(18-14-32)49(39-19-15-33(16-20-39)37-12-10-31-6-2-4-8-35(31)26-37)40-21-22-41-42-28-43-44(48-24-23-47-43)29-46(42)50-45(41)27-40/h1-29H. The molecule has 8 aromatic carbocycles. The predicted octanol–water partition coefficient (Wildman–Crippen LogP) is 13.1. The minimum Gasteiger partial charge on any atom is -0.310 e. The van der Waals surface area contributed by atoms with Gasteiger partial charge < -0.3 is 4.90 Å². The van der Waals surface area contributed by atoms with Gasteiger partial charge in [-0.2, -0.15) is 0 Å². The zero-order valence-electron chi connectivity index (χ0n) is 27.0. The van der Waals surface area contributed by atoms with Gasteiger partial charge in [-0.15, -0.1) is 11.3 Å². The number of benzene rings is 8. The van der Waals surface area contributed by atoms with Crippen molar-refractivity contribution in [2.24, 2.45) is 0 Å². The third kappa shape index (κ3) is 4.97. The van der Waals surface area contributed by atoms with Crippen molar-refractivity contribution in [3.8, 4) is 22.3 Å². The van der Waals surface area contributed by atoms with E-state index in [9.17, 15) is 0 Å². The molecule has 0 radical (unpaired) electrons. The quantitative estimate of drug-likeness (QED) is 0.185. The van der Waals surface area contributed by atoms with Crippen molar-refractivity contribution in [2.75, 3.05) is 4.90 Å². The lowest BCUT2D eigenvalue weighted by atomic mass is 10.00. The number of rotatable bonds is 5. The van der Waals surface area contributed by atoms with Crippen molar-refractivity contribution in [1.82, 2.24) is 9.97 Å². The summed E-state index contributed by atoms with van der Waals surface area (Å²) in [6.07, 6.45) is 3.52. The van der Waals surface area contributed by atoms with Crippen LogP contribution in [0.4, 0.5) is 17.1 Å². The molecule has 0 fully saturated rings. The van der Waals surface area contributed by atoms with Crippen LogP contribution in [0.5, 0.6) is 0 Å². The molecule has 0 amide bonds. The van der Waals surface area contributed by atoms with Crippen LogP contribution in [0.3, 0.4) is 0 Å². The lowest BCUT2D eigenvalue weighted by Crippen LogP contribution is -2.09. The lowest BCUT2D eigenvalue weighted by molar-refractivity contribution is 1.29. The molecule has 10 rings (SSSR count). The summed E-state index contributed by atoms with van der Waals surface area (Å²) in [4.78, 5) is 11.5. The van der Waals surface area contributed by atoms with Crippen molar-refractivity contribution in [3.05, 3.63) is 176 Å². The first-order valence-corrected chi connectivity index (χ1v) is 17.6. The first-order chi connectivity index (χ1) is 24.7. The topological polar surface area (TPSA) is 29.0 Å². The van der Waals surface area contributed by atoms with Crippen molar-refractivity contribution < 1.29 is 0 Å². The summed E-state index contributed by atoms with van der Waals surface area (Å²) in [6.45, 7) is 0. The van der Waals surface area contributed by atoms with Crippen LogP contribution < -0.4 is 4.90 Å². The molecule has 0 bridgehead atoms. The molecule has 2 heterocycles. The molecule has 0 aliphatic carbocycles. The number of anilines is 3. The Morgan fingerprint density at radius 3 is 1.42 bits per heavy atom. The van der Waals surface area contributed by atoms with Gasteiger partial charge in [0.05, 0.1) is 11.0 Å². The first-order valence-electron chi connectivity index (χ1n) is 16.8. The molecule has 0 saturated carbocycles. The molecule has 0 spiro atoms. The molecule has 234 valence electrons. The molecular formula is C46H29N3S. The molecular weight excluding hydrogens is 627 g/mol. The van der Waals surface area contributed by atoms with Crippen LogP contribution in [0, 0.1) is 0 Å². The van der Waals surface area contributed by atoms with Gasteiger partial charge in [0.25, 0.3) is 0 Å². The van der Waals surface area contributed by atoms with Crippen LogP contribution in [-0.2, 0) is 0 Å². The monoisotopic (exact) mass is 655 g/mol. The molecule has 3 nitrogen and oxygen atoms in total.